The van der Waals surface area contributed by atoms with Gasteiger partial charge in [0.15, 0.2) is 0 Å². The fourth-order valence-electron chi connectivity index (χ4n) is 1.97. The van der Waals surface area contributed by atoms with E-state index in [1.54, 1.807) is 0 Å². The predicted molar refractivity (Wildman–Crippen MR) is 66.3 cm³/mol. The van der Waals surface area contributed by atoms with Crippen molar-refractivity contribution in [2.75, 3.05) is 11.9 Å². The van der Waals surface area contributed by atoms with E-state index < -0.39 is 11.4 Å². The first kappa shape index (κ1) is 12.3. The number of carboxylic acids is 1. The molecule has 0 aliphatic heterocycles. The molecular weight excluding hydrogens is 238 g/mol. The van der Waals surface area contributed by atoms with Gasteiger partial charge in [-0.15, -0.1) is 0 Å². The zero-order valence-electron chi connectivity index (χ0n) is 9.90. The van der Waals surface area contributed by atoms with Crippen LogP contribution in [0.25, 0.3) is 0 Å². The molecular formula is C11H17N3O2S. The highest BCUT2D eigenvalue weighted by Crippen LogP contribution is 2.41. The lowest BCUT2D eigenvalue weighted by Crippen LogP contribution is -2.43. The van der Waals surface area contributed by atoms with Crippen LogP contribution in [0.5, 0.6) is 0 Å². The van der Waals surface area contributed by atoms with E-state index in [4.69, 9.17) is 0 Å². The van der Waals surface area contributed by atoms with Gasteiger partial charge in [-0.3, -0.25) is 4.79 Å². The molecule has 1 aromatic rings. The number of hydrogen-bond acceptors (Lipinski definition) is 5. The lowest BCUT2D eigenvalue weighted by molar-refractivity contribution is -0.153. The van der Waals surface area contributed by atoms with Crippen LogP contribution in [0.15, 0.2) is 0 Å². The SMILES string of the molecule is CCCc1nsc(NCC2(C(=O)O)CCC2)n1. The Labute approximate surface area is 104 Å². The van der Waals surface area contributed by atoms with Crippen LogP contribution < -0.4 is 5.32 Å². The van der Waals surface area contributed by atoms with Gasteiger partial charge in [-0.1, -0.05) is 13.3 Å². The molecule has 17 heavy (non-hydrogen) atoms. The number of carbonyl (C=O) groups is 1. The molecule has 0 spiro atoms. The summed E-state index contributed by atoms with van der Waals surface area (Å²) in [6, 6.07) is 0. The summed E-state index contributed by atoms with van der Waals surface area (Å²) in [5.74, 6) is 0.146. The van der Waals surface area contributed by atoms with Crippen LogP contribution in [0.2, 0.25) is 0 Å². The van der Waals surface area contributed by atoms with E-state index >= 15 is 0 Å². The number of aliphatic carboxylic acids is 1. The molecule has 0 atom stereocenters. The molecule has 0 saturated heterocycles. The van der Waals surface area contributed by atoms with Crippen LogP contribution in [0.1, 0.15) is 38.4 Å². The van der Waals surface area contributed by atoms with Gasteiger partial charge >= 0.3 is 5.97 Å². The number of nitrogens with one attached hydrogen (secondary N) is 1. The van der Waals surface area contributed by atoms with Crippen molar-refractivity contribution in [3.05, 3.63) is 5.82 Å². The third kappa shape index (κ3) is 2.57. The summed E-state index contributed by atoms with van der Waals surface area (Å²) < 4.78 is 4.22. The lowest BCUT2D eigenvalue weighted by Gasteiger charge is -2.37. The van der Waals surface area contributed by atoms with Crippen LogP contribution in [-0.4, -0.2) is 27.0 Å². The van der Waals surface area contributed by atoms with Crippen molar-refractivity contribution < 1.29 is 9.90 Å². The fourth-order valence-corrected chi connectivity index (χ4v) is 2.57. The second-order valence-corrected chi connectivity index (χ2v) is 5.31. The minimum Gasteiger partial charge on any atom is -0.481 e. The highest BCUT2D eigenvalue weighted by molar-refractivity contribution is 7.09. The fraction of sp³-hybridized carbons (Fsp3) is 0.727. The lowest BCUT2D eigenvalue weighted by atomic mass is 9.69. The van der Waals surface area contributed by atoms with E-state index in [0.29, 0.717) is 6.54 Å². The van der Waals surface area contributed by atoms with E-state index in [0.717, 1.165) is 43.1 Å². The van der Waals surface area contributed by atoms with Crippen LogP contribution in [0.3, 0.4) is 0 Å². The second-order valence-electron chi connectivity index (χ2n) is 4.56. The molecule has 0 bridgehead atoms. The topological polar surface area (TPSA) is 75.1 Å². The number of rotatable bonds is 6. The van der Waals surface area contributed by atoms with Gasteiger partial charge in [0, 0.05) is 24.5 Å². The third-order valence-corrected chi connectivity index (χ3v) is 3.99. The summed E-state index contributed by atoms with van der Waals surface area (Å²) in [5.41, 5.74) is -0.573. The summed E-state index contributed by atoms with van der Waals surface area (Å²) in [6.07, 6.45) is 4.43. The molecule has 0 amide bonds. The van der Waals surface area contributed by atoms with Crippen molar-refractivity contribution in [2.45, 2.75) is 39.0 Å². The molecule has 2 rings (SSSR count). The van der Waals surface area contributed by atoms with Crippen molar-refractivity contribution in [2.24, 2.45) is 5.41 Å². The molecule has 1 aliphatic carbocycles. The highest BCUT2D eigenvalue weighted by atomic mass is 32.1. The maximum atomic E-state index is 11.2. The van der Waals surface area contributed by atoms with Crippen molar-refractivity contribution in [3.63, 3.8) is 0 Å². The number of hydrogen-bond donors (Lipinski definition) is 2. The first-order chi connectivity index (χ1) is 8.16. The van der Waals surface area contributed by atoms with Crippen molar-refractivity contribution in [3.8, 4) is 0 Å². The second kappa shape index (κ2) is 5.00. The number of aromatic nitrogens is 2. The Morgan fingerprint density at radius 1 is 1.59 bits per heavy atom. The Morgan fingerprint density at radius 3 is 2.88 bits per heavy atom. The Balaban J connectivity index is 1.90. The van der Waals surface area contributed by atoms with Crippen molar-refractivity contribution in [1.29, 1.82) is 0 Å². The monoisotopic (exact) mass is 255 g/mol. The third-order valence-electron chi connectivity index (χ3n) is 3.28. The van der Waals surface area contributed by atoms with Gasteiger partial charge < -0.3 is 10.4 Å². The zero-order chi connectivity index (χ0) is 12.3. The molecule has 94 valence electrons. The van der Waals surface area contributed by atoms with E-state index in [2.05, 4.69) is 21.6 Å². The molecule has 1 fully saturated rings. The largest absolute Gasteiger partial charge is 0.481 e. The van der Waals surface area contributed by atoms with E-state index in [-0.39, 0.29) is 0 Å². The van der Waals surface area contributed by atoms with Crippen molar-refractivity contribution >= 4 is 22.6 Å². The van der Waals surface area contributed by atoms with Crippen molar-refractivity contribution in [1.82, 2.24) is 9.36 Å². The molecule has 0 aromatic carbocycles. The normalized spacial score (nSPS) is 17.5. The maximum absolute atomic E-state index is 11.2. The van der Waals surface area contributed by atoms with Gasteiger partial charge in [-0.25, -0.2) is 4.98 Å². The van der Waals surface area contributed by atoms with Crippen LogP contribution in [-0.2, 0) is 11.2 Å². The number of nitrogens with zero attached hydrogens (tertiary/aromatic N) is 2. The van der Waals surface area contributed by atoms with Crippen LogP contribution in [0, 0.1) is 5.41 Å². The van der Waals surface area contributed by atoms with Gasteiger partial charge in [0.1, 0.15) is 5.82 Å². The van der Waals surface area contributed by atoms with Gasteiger partial charge in [-0.05, 0) is 19.3 Å². The summed E-state index contributed by atoms with van der Waals surface area (Å²) in [7, 11) is 0. The Bertz CT molecular complexity index is 401. The van der Waals surface area contributed by atoms with Crippen LogP contribution >= 0.6 is 11.5 Å². The van der Waals surface area contributed by atoms with E-state index in [1.807, 2.05) is 0 Å². The average Bonchev–Trinajstić information content (AvgIpc) is 2.64. The molecule has 0 unspecified atom stereocenters. The molecule has 5 nitrogen and oxygen atoms in total. The minimum absolute atomic E-state index is 0.461. The average molecular weight is 255 g/mol. The quantitative estimate of drug-likeness (QED) is 0.814. The summed E-state index contributed by atoms with van der Waals surface area (Å²) in [6.45, 7) is 2.55. The Morgan fingerprint density at radius 2 is 2.35 bits per heavy atom. The highest BCUT2D eigenvalue weighted by Gasteiger charge is 2.44. The molecule has 2 N–H and O–H groups in total. The molecule has 1 aromatic heterocycles. The van der Waals surface area contributed by atoms with Gasteiger partial charge in [0.25, 0.3) is 0 Å². The van der Waals surface area contributed by atoms with Gasteiger partial charge in [0.2, 0.25) is 5.13 Å². The summed E-state index contributed by atoms with van der Waals surface area (Å²) in [5, 5.41) is 13.0. The number of carboxylic acid groups (broad SMARTS) is 1. The first-order valence-corrected chi connectivity index (χ1v) is 6.73. The molecule has 6 heteroatoms. The minimum atomic E-state index is -0.699. The molecule has 1 heterocycles. The maximum Gasteiger partial charge on any atom is 0.311 e. The standard InChI is InChI=1S/C11H17N3O2S/c1-2-4-8-13-10(17-14-8)12-7-11(9(15)16)5-3-6-11/h2-7H2,1H3,(H,15,16)(H,12,13,14). The zero-order valence-corrected chi connectivity index (χ0v) is 10.7. The molecule has 1 saturated carbocycles. The first-order valence-electron chi connectivity index (χ1n) is 5.96. The summed E-state index contributed by atoms with van der Waals surface area (Å²) in [4.78, 5) is 15.5. The smallest absolute Gasteiger partial charge is 0.311 e. The summed E-state index contributed by atoms with van der Waals surface area (Å²) >= 11 is 1.31. The van der Waals surface area contributed by atoms with Gasteiger partial charge in [-0.2, -0.15) is 4.37 Å². The van der Waals surface area contributed by atoms with E-state index in [1.165, 1.54) is 11.5 Å². The van der Waals surface area contributed by atoms with Crippen LogP contribution in [0.4, 0.5) is 5.13 Å². The molecule has 1 aliphatic rings. The molecule has 0 radical (unpaired) electrons. The predicted octanol–water partition coefficient (Wildman–Crippen LogP) is 2.16. The Kier molecular flexibility index (Phi) is 3.61. The van der Waals surface area contributed by atoms with E-state index in [9.17, 15) is 9.90 Å². The Hall–Kier alpha value is -1.17. The number of aryl methyl sites for hydroxylation is 1. The van der Waals surface area contributed by atoms with Gasteiger partial charge in [0.05, 0.1) is 5.41 Å². The number of anilines is 1.